The first-order chi connectivity index (χ1) is 13.3. The van der Waals surface area contributed by atoms with E-state index in [1.54, 1.807) is 0 Å². The standard InChI is InChI=1S/C23H39INO2/c1-3-4-5-6-7-8-9-10-11-12-13-14-15-16-17-18-19-20-23(26)25-21-22-27-24-2/h7-8,10-11,13-14,16-17H,3-6,9,12,15,18-22H2,1-2H3,(H,25,26)/q-1/b8-7-,11-10-,14-13-,17-16-. The zero-order chi connectivity index (χ0) is 19.8. The Hall–Kier alpha value is -0.880. The molecule has 0 saturated carbocycles. The summed E-state index contributed by atoms with van der Waals surface area (Å²) in [6.45, 7) is 3.52. The number of unbranched alkanes of at least 4 members (excludes halogenated alkanes) is 4. The topological polar surface area (TPSA) is 38.3 Å². The molecule has 0 bridgehead atoms. The first kappa shape index (κ1) is 26.1. The van der Waals surface area contributed by atoms with Crippen LogP contribution in [0.25, 0.3) is 0 Å². The number of carbonyl (C=O) groups excluding carboxylic acids is 1. The summed E-state index contributed by atoms with van der Waals surface area (Å²) < 4.78 is 5.29. The van der Waals surface area contributed by atoms with Crippen LogP contribution in [0.4, 0.5) is 0 Å². The number of alkyl halides is 1. The molecule has 156 valence electrons. The van der Waals surface area contributed by atoms with Crippen LogP contribution in [0.1, 0.15) is 71.1 Å². The summed E-state index contributed by atoms with van der Waals surface area (Å²) in [5.41, 5.74) is 0. The van der Waals surface area contributed by atoms with Crippen molar-refractivity contribution in [3.05, 3.63) is 48.6 Å². The second-order valence-electron chi connectivity index (χ2n) is 6.30. The van der Waals surface area contributed by atoms with Crippen molar-refractivity contribution in [3.8, 4) is 0 Å². The molecule has 0 aromatic heterocycles. The van der Waals surface area contributed by atoms with E-state index in [1.165, 1.54) is 25.7 Å². The molecule has 4 heteroatoms. The second-order valence-corrected chi connectivity index (χ2v) is 7.80. The molecule has 0 unspecified atom stereocenters. The molecule has 0 aromatic carbocycles. The molecule has 0 aliphatic heterocycles. The van der Waals surface area contributed by atoms with Crippen molar-refractivity contribution in [3.63, 3.8) is 0 Å². The molecule has 0 saturated heterocycles. The van der Waals surface area contributed by atoms with Crippen molar-refractivity contribution in [2.24, 2.45) is 0 Å². The van der Waals surface area contributed by atoms with Crippen LogP contribution < -0.4 is 26.9 Å². The molecule has 0 aliphatic carbocycles. The fraction of sp³-hybridized carbons (Fsp3) is 0.609. The molecule has 0 fully saturated rings. The van der Waals surface area contributed by atoms with Crippen molar-refractivity contribution >= 4 is 5.91 Å². The summed E-state index contributed by atoms with van der Waals surface area (Å²) in [4.78, 5) is 13.6. The van der Waals surface area contributed by atoms with Gasteiger partial charge in [0.2, 0.25) is 0 Å². The fourth-order valence-electron chi connectivity index (χ4n) is 2.34. The maximum absolute atomic E-state index is 11.6. The number of hydrogen-bond acceptors (Lipinski definition) is 2. The molecule has 3 nitrogen and oxygen atoms in total. The van der Waals surface area contributed by atoms with Crippen molar-refractivity contribution < 1.29 is 29.5 Å². The minimum atomic E-state index is -0.129. The van der Waals surface area contributed by atoms with Crippen LogP contribution in [0.3, 0.4) is 0 Å². The number of nitrogens with one attached hydrogen (secondary N) is 1. The third-order valence-corrected chi connectivity index (χ3v) is 4.91. The third-order valence-electron chi connectivity index (χ3n) is 3.84. The number of rotatable bonds is 18. The number of hydrogen-bond donors (Lipinski definition) is 1. The predicted octanol–water partition coefficient (Wildman–Crippen LogP) is 2.90. The Balaban J connectivity index is 3.44. The van der Waals surface area contributed by atoms with E-state index in [0.717, 1.165) is 32.1 Å². The molecule has 0 aliphatic rings. The van der Waals surface area contributed by atoms with Gasteiger partial charge in [-0.3, -0.25) is 0 Å². The van der Waals surface area contributed by atoms with Crippen LogP contribution in [0.15, 0.2) is 48.6 Å². The molecular formula is C23H39INO2-. The van der Waals surface area contributed by atoms with Crippen LogP contribution in [0.5, 0.6) is 0 Å². The van der Waals surface area contributed by atoms with Gasteiger partial charge in [-0.25, -0.2) is 0 Å². The number of amides is 1. The number of halogens is 1. The summed E-state index contributed by atoms with van der Waals surface area (Å²) in [6.07, 6.45) is 28.4. The van der Waals surface area contributed by atoms with Crippen molar-refractivity contribution in [2.45, 2.75) is 71.1 Å². The van der Waals surface area contributed by atoms with E-state index in [0.29, 0.717) is 19.6 Å². The third kappa shape index (κ3) is 23.1. The molecular weight excluding hydrogens is 449 g/mol. The quantitative estimate of drug-likeness (QED) is 0.140. The summed E-state index contributed by atoms with van der Waals surface area (Å²) in [6, 6.07) is 0. The van der Waals surface area contributed by atoms with E-state index < -0.39 is 0 Å². The Bertz CT molecular complexity index is 442. The molecule has 0 rings (SSSR count). The van der Waals surface area contributed by atoms with E-state index in [1.807, 2.05) is 0 Å². The molecule has 1 amide bonds. The van der Waals surface area contributed by atoms with Gasteiger partial charge in [-0.1, -0.05) is 50.1 Å². The molecule has 0 aromatic rings. The summed E-state index contributed by atoms with van der Waals surface area (Å²) in [7, 11) is 0. The first-order valence-corrected chi connectivity index (χ1v) is 13.3. The van der Waals surface area contributed by atoms with Gasteiger partial charge >= 0.3 is 103 Å². The zero-order valence-corrected chi connectivity index (χ0v) is 19.5. The molecule has 1 N–H and O–H groups in total. The fourth-order valence-corrected chi connectivity index (χ4v) is 3.00. The van der Waals surface area contributed by atoms with Gasteiger partial charge in [0.25, 0.3) is 0 Å². The van der Waals surface area contributed by atoms with Crippen molar-refractivity contribution in [2.75, 3.05) is 18.1 Å². The Morgan fingerprint density at radius 2 is 1.41 bits per heavy atom. The van der Waals surface area contributed by atoms with Crippen molar-refractivity contribution in [1.29, 1.82) is 0 Å². The van der Waals surface area contributed by atoms with Crippen molar-refractivity contribution in [1.82, 2.24) is 5.32 Å². The Morgan fingerprint density at radius 3 is 1.96 bits per heavy atom. The number of carbonyl (C=O) groups is 1. The van der Waals surface area contributed by atoms with Gasteiger partial charge in [0, 0.05) is 0 Å². The summed E-state index contributed by atoms with van der Waals surface area (Å²) in [5, 5.41) is 2.88. The van der Waals surface area contributed by atoms with Crippen LogP contribution in [0.2, 0.25) is 0 Å². The first-order valence-electron chi connectivity index (χ1n) is 10.3. The van der Waals surface area contributed by atoms with Gasteiger partial charge in [0.15, 0.2) is 0 Å². The molecule has 0 radical (unpaired) electrons. The van der Waals surface area contributed by atoms with Crippen LogP contribution in [0, 0.1) is 0 Å². The van der Waals surface area contributed by atoms with Gasteiger partial charge in [-0.15, -0.1) is 0 Å². The summed E-state index contributed by atoms with van der Waals surface area (Å²) >= 11 is -0.129. The van der Waals surface area contributed by atoms with Crippen LogP contribution in [-0.4, -0.2) is 24.0 Å². The van der Waals surface area contributed by atoms with Gasteiger partial charge < -0.3 is 0 Å². The average molecular weight is 488 g/mol. The number of allylic oxidation sites excluding steroid dienone is 8. The van der Waals surface area contributed by atoms with E-state index in [9.17, 15) is 4.79 Å². The molecule has 27 heavy (non-hydrogen) atoms. The zero-order valence-electron chi connectivity index (χ0n) is 17.3. The Morgan fingerprint density at radius 1 is 0.852 bits per heavy atom. The SMILES string of the molecule is CCCCC/C=C\C/C=C\C/C=C\C/C=C\CCCC(=O)NCCO[I-]C. The van der Waals surface area contributed by atoms with Gasteiger partial charge in [-0.2, -0.15) is 0 Å². The van der Waals surface area contributed by atoms with Crippen LogP contribution in [-0.2, 0) is 7.86 Å². The van der Waals surface area contributed by atoms with E-state index in [4.69, 9.17) is 3.07 Å². The van der Waals surface area contributed by atoms with Gasteiger partial charge in [-0.05, 0) is 25.7 Å². The maximum atomic E-state index is 11.6. The van der Waals surface area contributed by atoms with E-state index in [-0.39, 0.29) is 27.5 Å². The molecule has 0 heterocycles. The molecule has 0 spiro atoms. The van der Waals surface area contributed by atoms with Crippen LogP contribution >= 0.6 is 0 Å². The average Bonchev–Trinajstić information content (AvgIpc) is 2.67. The predicted molar refractivity (Wildman–Crippen MR) is 113 cm³/mol. The van der Waals surface area contributed by atoms with Gasteiger partial charge in [0.1, 0.15) is 0 Å². The Labute approximate surface area is 178 Å². The van der Waals surface area contributed by atoms with Gasteiger partial charge in [0.05, 0.1) is 0 Å². The monoisotopic (exact) mass is 488 g/mol. The molecule has 0 atom stereocenters. The van der Waals surface area contributed by atoms with E-state index in [2.05, 4.69) is 65.8 Å². The Kier molecular flexibility index (Phi) is 22.4. The normalized spacial score (nSPS) is 12.4. The summed E-state index contributed by atoms with van der Waals surface area (Å²) in [5.74, 6) is 0.129. The van der Waals surface area contributed by atoms with E-state index >= 15 is 0 Å². The second kappa shape index (κ2) is 23.2. The minimum absolute atomic E-state index is 0.129.